The number of benzene rings is 2. The highest BCUT2D eigenvalue weighted by Crippen LogP contribution is 2.49. The molecule has 1 aliphatic rings. The second-order valence-electron chi connectivity index (χ2n) is 8.88. The molecule has 0 unspecified atom stereocenters. The van der Waals surface area contributed by atoms with Gasteiger partial charge in [0.25, 0.3) is 0 Å². The van der Waals surface area contributed by atoms with Crippen LogP contribution in [0.15, 0.2) is 66.0 Å². The van der Waals surface area contributed by atoms with Crippen molar-refractivity contribution < 1.29 is 14.0 Å². The van der Waals surface area contributed by atoms with Crippen molar-refractivity contribution in [1.29, 1.82) is 0 Å². The lowest BCUT2D eigenvalue weighted by Gasteiger charge is -2.23. The van der Waals surface area contributed by atoms with Crippen molar-refractivity contribution in [2.24, 2.45) is 0 Å². The molecule has 1 aliphatic heterocycles. The summed E-state index contributed by atoms with van der Waals surface area (Å²) < 4.78 is 15.6. The lowest BCUT2D eigenvalue weighted by molar-refractivity contribution is -0.122. The molecule has 5 rings (SSSR count). The van der Waals surface area contributed by atoms with Gasteiger partial charge in [-0.05, 0) is 54.6 Å². The highest BCUT2D eigenvalue weighted by Gasteiger charge is 2.37. The molecule has 9 heteroatoms. The van der Waals surface area contributed by atoms with Gasteiger partial charge in [-0.1, -0.05) is 42.8 Å². The van der Waals surface area contributed by atoms with Gasteiger partial charge in [-0.15, -0.1) is 23.1 Å². The lowest BCUT2D eigenvalue weighted by Crippen LogP contribution is -2.42. The standard InChI is InChI=1S/C28H27FN4O2S2/c1-3-14-30-23(34)16-32-24(35)17-37-27(19-8-10-20(29)11-9-19)25-26(22-5-4-15-36-22)31-33(28(25)32)21-12-6-18(2)7-13-21/h4-13,15,27H,3,14,16-17H2,1-2H3,(H,30,34)/t27-/m0/s1. The zero-order valence-electron chi connectivity index (χ0n) is 20.6. The van der Waals surface area contributed by atoms with E-state index in [-0.39, 0.29) is 35.2 Å². The monoisotopic (exact) mass is 534 g/mol. The topological polar surface area (TPSA) is 67.2 Å². The van der Waals surface area contributed by atoms with Gasteiger partial charge in [0, 0.05) is 12.1 Å². The summed E-state index contributed by atoms with van der Waals surface area (Å²) in [4.78, 5) is 29.0. The van der Waals surface area contributed by atoms with E-state index in [1.807, 2.05) is 55.6 Å². The van der Waals surface area contributed by atoms with Crippen LogP contribution in [0, 0.1) is 12.7 Å². The van der Waals surface area contributed by atoms with Crippen LogP contribution in [0.5, 0.6) is 0 Å². The molecule has 6 nitrogen and oxygen atoms in total. The number of aromatic nitrogens is 2. The number of nitrogens with one attached hydrogen (secondary N) is 1. The molecule has 3 heterocycles. The summed E-state index contributed by atoms with van der Waals surface area (Å²) in [6, 6.07) is 18.3. The Balaban J connectivity index is 1.76. The predicted molar refractivity (Wildman–Crippen MR) is 148 cm³/mol. The van der Waals surface area contributed by atoms with Crippen molar-refractivity contribution in [2.75, 3.05) is 23.7 Å². The summed E-state index contributed by atoms with van der Waals surface area (Å²) in [6.07, 6.45) is 0.803. The zero-order chi connectivity index (χ0) is 25.9. The molecule has 190 valence electrons. The van der Waals surface area contributed by atoms with Gasteiger partial charge in [-0.25, -0.2) is 9.07 Å². The Labute approximate surface area is 223 Å². The summed E-state index contributed by atoms with van der Waals surface area (Å²) in [6.45, 7) is 4.43. The minimum atomic E-state index is -0.318. The van der Waals surface area contributed by atoms with E-state index >= 15 is 0 Å². The first kappa shape index (κ1) is 25.2. The molecule has 0 fully saturated rings. The van der Waals surface area contributed by atoms with E-state index in [2.05, 4.69) is 5.32 Å². The number of thiophene rings is 1. The number of fused-ring (bicyclic) bond motifs is 1. The molecule has 0 saturated heterocycles. The minimum absolute atomic E-state index is 0.107. The first-order valence-electron chi connectivity index (χ1n) is 12.1. The van der Waals surface area contributed by atoms with E-state index in [9.17, 15) is 14.0 Å². The first-order valence-corrected chi connectivity index (χ1v) is 14.1. The van der Waals surface area contributed by atoms with E-state index in [4.69, 9.17) is 5.10 Å². The third-order valence-electron chi connectivity index (χ3n) is 6.17. The Morgan fingerprint density at radius 1 is 1.14 bits per heavy atom. The van der Waals surface area contributed by atoms with Crippen LogP contribution in [-0.4, -0.2) is 40.4 Å². The van der Waals surface area contributed by atoms with Gasteiger partial charge in [-0.2, -0.15) is 5.10 Å². The Morgan fingerprint density at radius 2 is 1.89 bits per heavy atom. The van der Waals surface area contributed by atoms with Crippen molar-refractivity contribution in [3.05, 3.63) is 88.6 Å². The third kappa shape index (κ3) is 5.19. The smallest absolute Gasteiger partial charge is 0.240 e. The predicted octanol–water partition coefficient (Wildman–Crippen LogP) is 5.74. The lowest BCUT2D eigenvalue weighted by atomic mass is 10.0. The number of carbonyl (C=O) groups is 2. The largest absolute Gasteiger partial charge is 0.355 e. The van der Waals surface area contributed by atoms with Gasteiger partial charge in [0.15, 0.2) is 0 Å². The van der Waals surface area contributed by atoms with Gasteiger partial charge in [0.05, 0.1) is 21.6 Å². The summed E-state index contributed by atoms with van der Waals surface area (Å²) >= 11 is 3.04. The number of amides is 2. The number of nitrogens with zero attached hydrogens (tertiary/aromatic N) is 3. The maximum atomic E-state index is 13.8. The quantitative estimate of drug-likeness (QED) is 0.328. The number of hydrogen-bond donors (Lipinski definition) is 1. The minimum Gasteiger partial charge on any atom is -0.355 e. The van der Waals surface area contributed by atoms with Gasteiger partial charge < -0.3 is 5.32 Å². The van der Waals surface area contributed by atoms with Gasteiger partial charge in [0.2, 0.25) is 11.8 Å². The molecular weight excluding hydrogens is 507 g/mol. The third-order valence-corrected chi connectivity index (χ3v) is 8.30. The number of thioether (sulfide) groups is 1. The molecule has 1 N–H and O–H groups in total. The van der Waals surface area contributed by atoms with E-state index in [1.165, 1.54) is 23.9 Å². The zero-order valence-corrected chi connectivity index (χ0v) is 22.2. The van der Waals surface area contributed by atoms with Crippen molar-refractivity contribution in [2.45, 2.75) is 25.5 Å². The molecule has 0 bridgehead atoms. The van der Waals surface area contributed by atoms with Crippen LogP contribution in [0.3, 0.4) is 0 Å². The molecule has 0 radical (unpaired) electrons. The summed E-state index contributed by atoms with van der Waals surface area (Å²) in [5, 5.41) is 9.64. The Hall–Kier alpha value is -3.43. The maximum Gasteiger partial charge on any atom is 0.240 e. The summed E-state index contributed by atoms with van der Waals surface area (Å²) in [7, 11) is 0. The average molecular weight is 535 g/mol. The Morgan fingerprint density at radius 3 is 2.57 bits per heavy atom. The van der Waals surface area contributed by atoms with Crippen molar-refractivity contribution in [3.8, 4) is 16.3 Å². The van der Waals surface area contributed by atoms with Crippen molar-refractivity contribution in [3.63, 3.8) is 0 Å². The van der Waals surface area contributed by atoms with E-state index in [0.29, 0.717) is 12.4 Å². The van der Waals surface area contributed by atoms with Gasteiger partial charge >= 0.3 is 0 Å². The van der Waals surface area contributed by atoms with E-state index < -0.39 is 0 Å². The van der Waals surface area contributed by atoms with E-state index in [0.717, 1.165) is 39.4 Å². The van der Waals surface area contributed by atoms with Gasteiger partial charge in [-0.3, -0.25) is 14.5 Å². The molecule has 37 heavy (non-hydrogen) atoms. The molecule has 2 aromatic carbocycles. The first-order chi connectivity index (χ1) is 18.0. The number of carbonyl (C=O) groups excluding carboxylic acids is 2. The highest BCUT2D eigenvalue weighted by molar-refractivity contribution is 8.00. The van der Waals surface area contributed by atoms with Crippen molar-refractivity contribution in [1.82, 2.24) is 15.1 Å². The number of halogens is 1. The van der Waals surface area contributed by atoms with Crippen molar-refractivity contribution >= 4 is 40.7 Å². The number of aryl methyl sites for hydroxylation is 1. The molecule has 4 aromatic rings. The fraction of sp³-hybridized carbons (Fsp3) is 0.250. The molecule has 2 aromatic heterocycles. The van der Waals surface area contributed by atoms with Crippen LogP contribution in [0.2, 0.25) is 0 Å². The average Bonchev–Trinajstić information content (AvgIpc) is 3.53. The second kappa shape index (κ2) is 10.9. The van der Waals surface area contributed by atoms with Crippen LogP contribution in [0.4, 0.5) is 10.2 Å². The maximum absolute atomic E-state index is 13.8. The summed E-state index contributed by atoms with van der Waals surface area (Å²) in [5.74, 6) is 0.0365. The normalized spacial score (nSPS) is 15.4. The molecule has 1 atom stereocenters. The highest BCUT2D eigenvalue weighted by atomic mass is 32.2. The number of rotatable bonds is 7. The van der Waals surface area contributed by atoms with Crippen LogP contribution in [-0.2, 0) is 9.59 Å². The summed E-state index contributed by atoms with van der Waals surface area (Å²) in [5.41, 5.74) is 4.36. The molecule has 2 amide bonds. The fourth-order valence-corrected chi connectivity index (χ4v) is 6.27. The number of anilines is 1. The fourth-order valence-electron chi connectivity index (χ4n) is 4.35. The Bertz CT molecular complexity index is 1400. The van der Waals surface area contributed by atoms with Crippen LogP contribution >= 0.6 is 23.1 Å². The second-order valence-corrected chi connectivity index (χ2v) is 10.9. The number of hydrogen-bond acceptors (Lipinski definition) is 5. The molecule has 0 spiro atoms. The van der Waals surface area contributed by atoms with E-state index in [1.54, 1.807) is 33.1 Å². The molecular formula is C28H27FN4O2S2. The van der Waals surface area contributed by atoms with Gasteiger partial charge in [0.1, 0.15) is 23.9 Å². The van der Waals surface area contributed by atoms with Crippen LogP contribution in [0.1, 0.15) is 35.3 Å². The van der Waals surface area contributed by atoms with Crippen LogP contribution in [0.25, 0.3) is 16.3 Å². The molecule has 0 aliphatic carbocycles. The van der Waals surface area contributed by atoms with Crippen LogP contribution < -0.4 is 10.2 Å². The SMILES string of the molecule is CCCNC(=O)CN1C(=O)CS[C@@H](c2ccc(F)cc2)c2c(-c3cccs3)nn(-c3ccc(C)cc3)c21. The Kier molecular flexibility index (Phi) is 7.43. The molecule has 0 saturated carbocycles.